The SMILES string of the molecule is O=C(c1ccc(I)cc1)c1ccc(C(=O)c2ccc(C(=O)c3ccc(I)cc3)cc2)cc1. The highest BCUT2D eigenvalue weighted by molar-refractivity contribution is 14.1. The summed E-state index contributed by atoms with van der Waals surface area (Å²) in [4.78, 5) is 38.1. The van der Waals surface area contributed by atoms with E-state index in [2.05, 4.69) is 45.2 Å². The Morgan fingerprint density at radius 1 is 0.344 bits per heavy atom. The lowest BCUT2D eigenvalue weighted by Gasteiger charge is -2.06. The molecule has 0 aliphatic heterocycles. The summed E-state index contributed by atoms with van der Waals surface area (Å²) in [5.74, 6) is -0.329. The Labute approximate surface area is 213 Å². The van der Waals surface area contributed by atoms with E-state index in [1.807, 2.05) is 24.3 Å². The van der Waals surface area contributed by atoms with Crippen LogP contribution in [0.4, 0.5) is 0 Å². The first kappa shape index (κ1) is 22.5. The number of hydrogen-bond acceptors (Lipinski definition) is 3. The Hall–Kier alpha value is -2.65. The molecule has 0 amide bonds. The van der Waals surface area contributed by atoms with Gasteiger partial charge in [0.2, 0.25) is 0 Å². The van der Waals surface area contributed by atoms with Gasteiger partial charge in [-0.05, 0) is 93.7 Å². The molecular weight excluding hydrogens is 626 g/mol. The maximum atomic E-state index is 12.9. The first-order chi connectivity index (χ1) is 15.4. The highest BCUT2D eigenvalue weighted by Gasteiger charge is 2.14. The van der Waals surface area contributed by atoms with Gasteiger partial charge in [-0.3, -0.25) is 14.4 Å². The van der Waals surface area contributed by atoms with E-state index in [0.29, 0.717) is 33.4 Å². The van der Waals surface area contributed by atoms with E-state index >= 15 is 0 Å². The van der Waals surface area contributed by atoms with Crippen molar-refractivity contribution in [2.45, 2.75) is 0 Å². The molecule has 0 aliphatic rings. The highest BCUT2D eigenvalue weighted by Crippen LogP contribution is 2.17. The molecule has 0 bridgehead atoms. The Bertz CT molecular complexity index is 1190. The minimum absolute atomic E-state index is 0.0844. The highest BCUT2D eigenvalue weighted by atomic mass is 127. The van der Waals surface area contributed by atoms with E-state index < -0.39 is 0 Å². The van der Waals surface area contributed by atoms with Crippen molar-refractivity contribution in [1.82, 2.24) is 0 Å². The van der Waals surface area contributed by atoms with Gasteiger partial charge in [0.1, 0.15) is 0 Å². The van der Waals surface area contributed by atoms with Crippen molar-refractivity contribution in [2.24, 2.45) is 0 Å². The smallest absolute Gasteiger partial charge is 0.193 e. The van der Waals surface area contributed by atoms with Gasteiger partial charge in [-0.15, -0.1) is 0 Å². The molecule has 0 spiro atoms. The van der Waals surface area contributed by atoms with Gasteiger partial charge in [-0.25, -0.2) is 0 Å². The standard InChI is InChI=1S/C27H16I2O3/c28-23-13-9-21(10-14-23)26(31)19-5-1-17(2-6-19)25(30)18-3-7-20(8-4-18)27(32)22-11-15-24(29)16-12-22/h1-16H. The van der Waals surface area contributed by atoms with Crippen LogP contribution < -0.4 is 0 Å². The molecule has 0 atom stereocenters. The van der Waals surface area contributed by atoms with Gasteiger partial charge in [0.05, 0.1) is 0 Å². The van der Waals surface area contributed by atoms with E-state index in [9.17, 15) is 14.4 Å². The first-order valence-corrected chi connectivity index (χ1v) is 11.9. The Morgan fingerprint density at radius 2 is 0.500 bits per heavy atom. The van der Waals surface area contributed by atoms with Crippen LogP contribution in [0.1, 0.15) is 47.8 Å². The van der Waals surface area contributed by atoms with Crippen molar-refractivity contribution >= 4 is 62.5 Å². The summed E-state index contributed by atoms with van der Waals surface area (Å²) in [5.41, 5.74) is 3.25. The summed E-state index contributed by atoms with van der Waals surface area (Å²) in [6, 6.07) is 28.0. The van der Waals surface area contributed by atoms with Crippen LogP contribution in [0.5, 0.6) is 0 Å². The van der Waals surface area contributed by atoms with Gasteiger partial charge < -0.3 is 0 Å². The van der Waals surface area contributed by atoms with Crippen LogP contribution in [0.3, 0.4) is 0 Å². The molecule has 5 heteroatoms. The normalized spacial score (nSPS) is 10.6. The van der Waals surface area contributed by atoms with Crippen molar-refractivity contribution in [3.8, 4) is 0 Å². The van der Waals surface area contributed by atoms with Gasteiger partial charge in [-0.2, -0.15) is 0 Å². The summed E-state index contributed by atoms with van der Waals surface area (Å²) < 4.78 is 2.12. The number of carbonyl (C=O) groups excluding carboxylic acids is 3. The average molecular weight is 642 g/mol. The fourth-order valence-corrected chi connectivity index (χ4v) is 3.97. The number of benzene rings is 4. The van der Waals surface area contributed by atoms with Gasteiger partial charge in [0.25, 0.3) is 0 Å². The predicted molar refractivity (Wildman–Crippen MR) is 141 cm³/mol. The Morgan fingerprint density at radius 3 is 0.688 bits per heavy atom. The third-order valence-corrected chi connectivity index (χ3v) is 6.47. The van der Waals surface area contributed by atoms with Gasteiger partial charge in [0.15, 0.2) is 17.3 Å². The van der Waals surface area contributed by atoms with Crippen LogP contribution in [0.15, 0.2) is 97.1 Å². The molecule has 4 aromatic carbocycles. The summed E-state index contributed by atoms with van der Waals surface area (Å²) in [7, 11) is 0. The van der Waals surface area contributed by atoms with Crippen molar-refractivity contribution < 1.29 is 14.4 Å². The molecule has 0 saturated heterocycles. The molecule has 4 rings (SSSR count). The Kier molecular flexibility index (Phi) is 6.95. The topological polar surface area (TPSA) is 51.2 Å². The van der Waals surface area contributed by atoms with Crippen LogP contribution in [-0.2, 0) is 0 Å². The monoisotopic (exact) mass is 642 g/mol. The number of halogens is 2. The molecule has 4 aromatic rings. The zero-order valence-electron chi connectivity index (χ0n) is 16.7. The van der Waals surface area contributed by atoms with E-state index in [4.69, 9.17) is 0 Å². The molecular formula is C27H16I2O3. The summed E-state index contributed by atoms with van der Waals surface area (Å²) in [6.07, 6.45) is 0. The number of rotatable bonds is 6. The maximum absolute atomic E-state index is 12.9. The van der Waals surface area contributed by atoms with Gasteiger partial charge in [-0.1, -0.05) is 48.5 Å². The zero-order valence-corrected chi connectivity index (χ0v) is 21.0. The van der Waals surface area contributed by atoms with Gasteiger partial charge in [0, 0.05) is 40.5 Å². The van der Waals surface area contributed by atoms with E-state index in [1.54, 1.807) is 72.8 Å². The maximum Gasteiger partial charge on any atom is 0.193 e. The summed E-state index contributed by atoms with van der Waals surface area (Å²) in [6.45, 7) is 0. The van der Waals surface area contributed by atoms with E-state index in [0.717, 1.165) is 7.14 Å². The molecule has 0 fully saturated rings. The van der Waals surface area contributed by atoms with Crippen LogP contribution in [-0.4, -0.2) is 17.3 Å². The molecule has 3 nitrogen and oxygen atoms in total. The second-order valence-corrected chi connectivity index (χ2v) is 9.65. The van der Waals surface area contributed by atoms with E-state index in [-0.39, 0.29) is 17.3 Å². The fraction of sp³-hybridized carbons (Fsp3) is 0. The van der Waals surface area contributed by atoms with Crippen LogP contribution in [0.25, 0.3) is 0 Å². The average Bonchev–Trinajstić information content (AvgIpc) is 2.84. The summed E-state index contributed by atoms with van der Waals surface area (Å²) >= 11 is 4.39. The molecule has 0 radical (unpaired) electrons. The lowest BCUT2D eigenvalue weighted by atomic mass is 9.97. The van der Waals surface area contributed by atoms with Crippen LogP contribution in [0.2, 0.25) is 0 Å². The Balaban J connectivity index is 1.49. The molecule has 32 heavy (non-hydrogen) atoms. The molecule has 0 aromatic heterocycles. The fourth-order valence-electron chi connectivity index (χ4n) is 3.25. The zero-order chi connectivity index (χ0) is 22.7. The quantitative estimate of drug-likeness (QED) is 0.176. The second-order valence-electron chi connectivity index (χ2n) is 7.16. The number of ketones is 3. The van der Waals surface area contributed by atoms with Gasteiger partial charge >= 0.3 is 0 Å². The molecule has 156 valence electrons. The van der Waals surface area contributed by atoms with Crippen molar-refractivity contribution in [3.63, 3.8) is 0 Å². The third kappa shape index (κ3) is 5.05. The van der Waals surface area contributed by atoms with Crippen molar-refractivity contribution in [3.05, 3.63) is 138 Å². The second kappa shape index (κ2) is 9.87. The van der Waals surface area contributed by atoms with Crippen LogP contribution >= 0.6 is 45.2 Å². The summed E-state index contributed by atoms with van der Waals surface area (Å²) in [5, 5.41) is 0. The molecule has 0 aliphatic carbocycles. The number of carbonyl (C=O) groups is 3. The third-order valence-electron chi connectivity index (χ3n) is 5.03. The lowest BCUT2D eigenvalue weighted by molar-refractivity contribution is 0.102. The lowest BCUT2D eigenvalue weighted by Crippen LogP contribution is -2.06. The predicted octanol–water partition coefficient (Wildman–Crippen LogP) is 6.59. The van der Waals surface area contributed by atoms with E-state index in [1.165, 1.54) is 0 Å². The minimum Gasteiger partial charge on any atom is -0.289 e. The first-order valence-electron chi connectivity index (χ1n) is 9.78. The molecule has 0 N–H and O–H groups in total. The van der Waals surface area contributed by atoms with Crippen LogP contribution in [0, 0.1) is 7.14 Å². The largest absolute Gasteiger partial charge is 0.289 e. The minimum atomic E-state index is -0.161. The number of hydrogen-bond donors (Lipinski definition) is 0. The molecule has 0 unspecified atom stereocenters. The molecule has 0 saturated carbocycles. The van der Waals surface area contributed by atoms with Crippen molar-refractivity contribution in [1.29, 1.82) is 0 Å². The van der Waals surface area contributed by atoms with Crippen molar-refractivity contribution in [2.75, 3.05) is 0 Å². The molecule has 0 heterocycles.